The summed E-state index contributed by atoms with van der Waals surface area (Å²) in [7, 11) is 4.04. The number of hydrogen-bond donors (Lipinski definition) is 3. The standard InChI is InChI=1S/C24H33N7O3/c1-15-7-6-10-20(31(33)34)21(15)28-24(32)26-17-13-11-16(12-14-17)25-23-27-19-9-5-4-8-18(19)22(29-23)30(2)3/h6-7,10,16-17H,4-5,8-9,11-14H2,1-3H3,(H,25,27,29)(H2,26,28,32)/t16-,17+. The van der Waals surface area contributed by atoms with Gasteiger partial charge in [-0.1, -0.05) is 12.1 Å². The second-order valence-corrected chi connectivity index (χ2v) is 9.42. The van der Waals surface area contributed by atoms with Crippen molar-refractivity contribution in [1.29, 1.82) is 0 Å². The molecule has 34 heavy (non-hydrogen) atoms. The van der Waals surface area contributed by atoms with Crippen LogP contribution >= 0.6 is 0 Å². The summed E-state index contributed by atoms with van der Waals surface area (Å²) in [5, 5.41) is 20.4. The third-order valence-electron chi connectivity index (χ3n) is 6.67. The van der Waals surface area contributed by atoms with Crippen LogP contribution in [0.5, 0.6) is 0 Å². The summed E-state index contributed by atoms with van der Waals surface area (Å²) in [4.78, 5) is 35.0. The van der Waals surface area contributed by atoms with Gasteiger partial charge in [-0.3, -0.25) is 10.1 Å². The lowest BCUT2D eigenvalue weighted by molar-refractivity contribution is -0.384. The van der Waals surface area contributed by atoms with E-state index < -0.39 is 11.0 Å². The van der Waals surface area contributed by atoms with Gasteiger partial charge in [0.25, 0.3) is 5.69 Å². The number of carbonyl (C=O) groups is 1. The summed E-state index contributed by atoms with van der Waals surface area (Å²) < 4.78 is 0. The first-order chi connectivity index (χ1) is 16.3. The molecule has 0 radical (unpaired) electrons. The molecule has 1 aromatic carbocycles. The lowest BCUT2D eigenvalue weighted by Crippen LogP contribution is -2.42. The number of rotatable bonds is 6. The molecule has 0 unspecified atom stereocenters. The Morgan fingerprint density at radius 1 is 1.09 bits per heavy atom. The van der Waals surface area contributed by atoms with E-state index in [4.69, 9.17) is 9.97 Å². The Morgan fingerprint density at radius 3 is 2.50 bits per heavy atom. The fourth-order valence-corrected chi connectivity index (χ4v) is 4.88. The second-order valence-electron chi connectivity index (χ2n) is 9.42. The highest BCUT2D eigenvalue weighted by Crippen LogP contribution is 2.30. The van der Waals surface area contributed by atoms with Gasteiger partial charge >= 0.3 is 6.03 Å². The first-order valence-corrected chi connectivity index (χ1v) is 12.0. The monoisotopic (exact) mass is 467 g/mol. The van der Waals surface area contributed by atoms with E-state index in [2.05, 4.69) is 20.9 Å². The SMILES string of the molecule is Cc1cccc([N+](=O)[O-])c1NC(=O)N[C@H]1CC[C@@H](Nc2nc3c(c(N(C)C)n2)CCCC3)CC1. The molecule has 4 rings (SSSR count). The molecule has 2 aromatic rings. The van der Waals surface area contributed by atoms with Crippen molar-refractivity contribution in [2.45, 2.75) is 70.4 Å². The predicted octanol–water partition coefficient (Wildman–Crippen LogP) is 4.18. The van der Waals surface area contributed by atoms with Crippen LogP contribution in [0.4, 0.5) is 27.9 Å². The summed E-state index contributed by atoms with van der Waals surface area (Å²) in [6, 6.07) is 4.59. The molecule has 1 saturated carbocycles. The van der Waals surface area contributed by atoms with Crippen molar-refractivity contribution in [2.75, 3.05) is 29.6 Å². The molecule has 10 heteroatoms. The van der Waals surface area contributed by atoms with Crippen LogP contribution < -0.4 is 20.9 Å². The number of urea groups is 1. The lowest BCUT2D eigenvalue weighted by Gasteiger charge is -2.30. The second kappa shape index (κ2) is 10.2. The van der Waals surface area contributed by atoms with Gasteiger partial charge in [0.1, 0.15) is 11.5 Å². The maximum absolute atomic E-state index is 12.5. The quantitative estimate of drug-likeness (QED) is 0.430. The number of anilines is 3. The molecule has 0 atom stereocenters. The van der Waals surface area contributed by atoms with Gasteiger partial charge in [0, 0.05) is 37.8 Å². The van der Waals surface area contributed by atoms with Gasteiger partial charge in [-0.2, -0.15) is 4.98 Å². The van der Waals surface area contributed by atoms with Crippen LogP contribution in [0.25, 0.3) is 0 Å². The third kappa shape index (κ3) is 5.37. The van der Waals surface area contributed by atoms with Gasteiger partial charge in [0.15, 0.2) is 0 Å². The maximum Gasteiger partial charge on any atom is 0.319 e. The topological polar surface area (TPSA) is 125 Å². The van der Waals surface area contributed by atoms with E-state index in [1.807, 2.05) is 14.1 Å². The first kappa shape index (κ1) is 23.7. The predicted molar refractivity (Wildman–Crippen MR) is 133 cm³/mol. The highest BCUT2D eigenvalue weighted by Gasteiger charge is 2.26. The molecule has 0 bridgehead atoms. The molecule has 2 aliphatic rings. The summed E-state index contributed by atoms with van der Waals surface area (Å²) in [6.07, 6.45) is 7.78. The molecule has 2 aliphatic carbocycles. The molecule has 10 nitrogen and oxygen atoms in total. The minimum absolute atomic E-state index is 0.0166. The molecule has 0 saturated heterocycles. The van der Waals surface area contributed by atoms with Crippen molar-refractivity contribution in [3.63, 3.8) is 0 Å². The zero-order valence-corrected chi connectivity index (χ0v) is 20.1. The molecule has 1 heterocycles. The zero-order chi connectivity index (χ0) is 24.2. The molecule has 182 valence electrons. The van der Waals surface area contributed by atoms with Crippen LogP contribution in [0.1, 0.15) is 55.3 Å². The number of aryl methyl sites for hydroxylation is 2. The normalized spacial score (nSPS) is 19.6. The van der Waals surface area contributed by atoms with Crippen molar-refractivity contribution >= 4 is 29.2 Å². The average molecular weight is 468 g/mol. The Balaban J connectivity index is 1.33. The first-order valence-electron chi connectivity index (χ1n) is 12.0. The number of hydrogen-bond acceptors (Lipinski definition) is 7. The number of nitro benzene ring substituents is 1. The Kier molecular flexibility index (Phi) is 7.14. The fraction of sp³-hybridized carbons (Fsp3) is 0.542. The number of para-hydroxylation sites is 1. The van der Waals surface area contributed by atoms with Gasteiger partial charge in [0.05, 0.1) is 10.6 Å². The number of benzene rings is 1. The van der Waals surface area contributed by atoms with Crippen LogP contribution in [0.15, 0.2) is 18.2 Å². The number of nitrogens with zero attached hydrogens (tertiary/aromatic N) is 4. The fourth-order valence-electron chi connectivity index (χ4n) is 4.88. The lowest BCUT2D eigenvalue weighted by atomic mass is 9.91. The minimum atomic E-state index is -0.482. The van der Waals surface area contributed by atoms with Crippen molar-refractivity contribution in [2.24, 2.45) is 0 Å². The van der Waals surface area contributed by atoms with Crippen LogP contribution in [-0.2, 0) is 12.8 Å². The number of carbonyl (C=O) groups excluding carboxylic acids is 1. The molecule has 1 fully saturated rings. The van der Waals surface area contributed by atoms with Crippen LogP contribution in [0.2, 0.25) is 0 Å². The molecule has 2 amide bonds. The van der Waals surface area contributed by atoms with Crippen molar-refractivity contribution in [3.8, 4) is 0 Å². The largest absolute Gasteiger partial charge is 0.362 e. The number of nitrogens with one attached hydrogen (secondary N) is 3. The zero-order valence-electron chi connectivity index (χ0n) is 20.1. The number of amides is 2. The van der Waals surface area contributed by atoms with E-state index in [1.165, 1.54) is 24.5 Å². The molecule has 1 aromatic heterocycles. The number of aromatic nitrogens is 2. The number of nitro groups is 1. The van der Waals surface area contributed by atoms with E-state index in [0.717, 1.165) is 50.0 Å². The third-order valence-corrected chi connectivity index (χ3v) is 6.67. The summed E-state index contributed by atoms with van der Waals surface area (Å²) in [5.41, 5.74) is 3.21. The Labute approximate surface area is 199 Å². The molecular formula is C24H33N7O3. The van der Waals surface area contributed by atoms with Gasteiger partial charge in [-0.15, -0.1) is 0 Å². The smallest absolute Gasteiger partial charge is 0.319 e. The summed E-state index contributed by atoms with van der Waals surface area (Å²) in [5.74, 6) is 1.69. The van der Waals surface area contributed by atoms with E-state index in [-0.39, 0.29) is 23.5 Å². The molecule has 0 spiro atoms. The molecule has 3 N–H and O–H groups in total. The van der Waals surface area contributed by atoms with E-state index in [1.54, 1.807) is 19.1 Å². The Bertz CT molecular complexity index is 1060. The van der Waals surface area contributed by atoms with E-state index >= 15 is 0 Å². The number of fused-ring (bicyclic) bond motifs is 1. The van der Waals surface area contributed by atoms with Gasteiger partial charge in [0.2, 0.25) is 5.95 Å². The van der Waals surface area contributed by atoms with Crippen LogP contribution in [0.3, 0.4) is 0 Å². The molecule has 0 aliphatic heterocycles. The highest BCUT2D eigenvalue weighted by molar-refractivity contribution is 5.93. The Morgan fingerprint density at radius 2 is 1.79 bits per heavy atom. The van der Waals surface area contributed by atoms with Crippen LogP contribution in [-0.4, -0.2) is 47.1 Å². The van der Waals surface area contributed by atoms with Gasteiger partial charge in [-0.05, 0) is 63.9 Å². The summed E-state index contributed by atoms with van der Waals surface area (Å²) >= 11 is 0. The van der Waals surface area contributed by atoms with Gasteiger partial charge < -0.3 is 20.9 Å². The summed E-state index contributed by atoms with van der Waals surface area (Å²) in [6.45, 7) is 1.74. The maximum atomic E-state index is 12.5. The van der Waals surface area contributed by atoms with Crippen molar-refractivity contribution in [1.82, 2.24) is 15.3 Å². The van der Waals surface area contributed by atoms with Gasteiger partial charge in [-0.25, -0.2) is 9.78 Å². The highest BCUT2D eigenvalue weighted by atomic mass is 16.6. The molecular weight excluding hydrogens is 434 g/mol. The minimum Gasteiger partial charge on any atom is -0.362 e. The van der Waals surface area contributed by atoms with Crippen molar-refractivity contribution in [3.05, 3.63) is 45.1 Å². The van der Waals surface area contributed by atoms with Crippen LogP contribution in [0, 0.1) is 17.0 Å². The Hall–Kier alpha value is -3.43. The van der Waals surface area contributed by atoms with E-state index in [0.29, 0.717) is 11.5 Å². The van der Waals surface area contributed by atoms with E-state index in [9.17, 15) is 14.9 Å². The average Bonchev–Trinajstić information content (AvgIpc) is 2.81. The van der Waals surface area contributed by atoms with Crippen molar-refractivity contribution < 1.29 is 9.72 Å².